The third kappa shape index (κ3) is 3.46. The van der Waals surface area contributed by atoms with Gasteiger partial charge in [-0.1, -0.05) is 6.92 Å². The van der Waals surface area contributed by atoms with Gasteiger partial charge in [0, 0.05) is 55.9 Å². The van der Waals surface area contributed by atoms with Gasteiger partial charge >= 0.3 is 11.9 Å². The Labute approximate surface area is 210 Å². The quantitative estimate of drug-likeness (QED) is 0.412. The molecule has 9 heteroatoms. The van der Waals surface area contributed by atoms with Crippen LogP contribution in [0, 0.1) is 16.7 Å². The number of carbonyl (C=O) groups is 5. The summed E-state index contributed by atoms with van der Waals surface area (Å²) < 4.78 is 17.1. The highest BCUT2D eigenvalue weighted by molar-refractivity contribution is 6.51. The smallest absolute Gasteiger partial charge is 0.336 e. The first kappa shape index (κ1) is 25.0. The van der Waals surface area contributed by atoms with Crippen LogP contribution in [0.4, 0.5) is 0 Å². The van der Waals surface area contributed by atoms with Crippen molar-refractivity contribution >= 4 is 29.3 Å². The second kappa shape index (κ2) is 8.73. The summed E-state index contributed by atoms with van der Waals surface area (Å²) in [7, 11) is 1.47. The second-order valence-electron chi connectivity index (χ2n) is 11.1. The van der Waals surface area contributed by atoms with E-state index >= 15 is 0 Å². The van der Waals surface area contributed by atoms with E-state index in [0.29, 0.717) is 18.4 Å². The molecule has 5 atom stereocenters. The van der Waals surface area contributed by atoms with Gasteiger partial charge in [0.1, 0.15) is 18.0 Å². The van der Waals surface area contributed by atoms with Gasteiger partial charge < -0.3 is 14.2 Å². The highest BCUT2D eigenvalue weighted by Gasteiger charge is 2.65. The summed E-state index contributed by atoms with van der Waals surface area (Å²) in [5.74, 6) is -3.06. The largest absolute Gasteiger partial charge is 0.458 e. The third-order valence-corrected chi connectivity index (χ3v) is 9.04. The van der Waals surface area contributed by atoms with Crippen molar-refractivity contribution in [2.24, 2.45) is 16.7 Å². The number of methoxy groups -OCH3 is 1. The van der Waals surface area contributed by atoms with Gasteiger partial charge in [-0.25, -0.2) is 4.79 Å². The molecule has 0 aromatic rings. The van der Waals surface area contributed by atoms with Gasteiger partial charge in [-0.3, -0.25) is 24.1 Å². The number of likely N-dealkylation sites (tertiary alicyclic amines) is 1. The number of Topliss-reactive ketones (excluding diaryl/α,β-unsaturated/α-hetero) is 3. The van der Waals surface area contributed by atoms with Crippen LogP contribution in [0.25, 0.3) is 0 Å². The Kier molecular flexibility index (Phi) is 6.07. The van der Waals surface area contributed by atoms with Crippen LogP contribution in [-0.4, -0.2) is 79.7 Å². The average molecular weight is 500 g/mol. The molecule has 2 fully saturated rings. The number of esters is 2. The summed E-state index contributed by atoms with van der Waals surface area (Å²) >= 11 is 0. The summed E-state index contributed by atoms with van der Waals surface area (Å²) in [4.78, 5) is 68.3. The zero-order valence-electron chi connectivity index (χ0n) is 21.3. The van der Waals surface area contributed by atoms with Crippen LogP contribution in [0.3, 0.4) is 0 Å². The van der Waals surface area contributed by atoms with E-state index in [1.807, 2.05) is 0 Å². The molecule has 3 aliphatic carbocycles. The van der Waals surface area contributed by atoms with Crippen molar-refractivity contribution < 1.29 is 38.2 Å². The number of allylic oxidation sites excluding steroid dienone is 1. The molecule has 36 heavy (non-hydrogen) atoms. The third-order valence-electron chi connectivity index (χ3n) is 9.04. The number of ether oxygens (including phenoxy) is 3. The standard InChI is InChI=1S/C27H33NO8/c1-14(29)35-17-11-26(2)16(7-8-18(26)30)20-22(17)27(3)19(13-34-4)36-25(33)15(12-28-9-5-6-10-28)21(27)24(32)23(20)31/h16-17,19H,5-13H2,1-4H3/t16-,17-,19+,26+,27+/m1/s1. The van der Waals surface area contributed by atoms with Crippen LogP contribution < -0.4 is 0 Å². The molecule has 2 aliphatic heterocycles. The van der Waals surface area contributed by atoms with E-state index in [-0.39, 0.29) is 42.1 Å². The van der Waals surface area contributed by atoms with Crippen molar-refractivity contribution in [3.05, 3.63) is 22.3 Å². The maximum atomic E-state index is 13.9. The predicted molar refractivity (Wildman–Crippen MR) is 126 cm³/mol. The Balaban J connectivity index is 1.78. The van der Waals surface area contributed by atoms with E-state index in [9.17, 15) is 24.0 Å². The van der Waals surface area contributed by atoms with Crippen molar-refractivity contribution in [3.8, 4) is 0 Å². The first-order valence-electron chi connectivity index (χ1n) is 12.7. The highest BCUT2D eigenvalue weighted by Crippen LogP contribution is 2.61. The normalized spacial score (nSPS) is 36.6. The lowest BCUT2D eigenvalue weighted by Gasteiger charge is -2.53. The molecule has 5 aliphatic rings. The van der Waals surface area contributed by atoms with Crippen molar-refractivity contribution in [2.45, 2.75) is 65.1 Å². The fourth-order valence-corrected chi connectivity index (χ4v) is 7.31. The summed E-state index contributed by atoms with van der Waals surface area (Å²) in [6.07, 6.45) is 1.15. The Morgan fingerprint density at radius 1 is 1.11 bits per heavy atom. The molecule has 0 bridgehead atoms. The Hall–Kier alpha value is -2.65. The lowest BCUT2D eigenvalue weighted by Crippen LogP contribution is -2.59. The minimum atomic E-state index is -1.23. The Bertz CT molecular complexity index is 1130. The van der Waals surface area contributed by atoms with Crippen molar-refractivity contribution in [1.82, 2.24) is 4.90 Å². The maximum Gasteiger partial charge on any atom is 0.336 e. The average Bonchev–Trinajstić information content (AvgIpc) is 3.42. The van der Waals surface area contributed by atoms with Gasteiger partial charge in [-0.05, 0) is 44.8 Å². The molecule has 0 radical (unpaired) electrons. The van der Waals surface area contributed by atoms with Gasteiger partial charge in [0.05, 0.1) is 17.6 Å². The lowest BCUT2D eigenvalue weighted by molar-refractivity contribution is -0.162. The molecule has 0 unspecified atom stereocenters. The number of hydrogen-bond acceptors (Lipinski definition) is 9. The van der Waals surface area contributed by atoms with Crippen LogP contribution in [0.15, 0.2) is 22.3 Å². The van der Waals surface area contributed by atoms with Crippen LogP contribution in [0.1, 0.15) is 52.9 Å². The molecule has 0 aromatic carbocycles. The van der Waals surface area contributed by atoms with E-state index in [1.165, 1.54) is 14.0 Å². The number of hydrogen-bond donors (Lipinski definition) is 0. The van der Waals surface area contributed by atoms with E-state index in [1.54, 1.807) is 13.8 Å². The number of nitrogens with zero attached hydrogens (tertiary/aromatic N) is 1. The van der Waals surface area contributed by atoms with Crippen molar-refractivity contribution in [3.63, 3.8) is 0 Å². The highest BCUT2D eigenvalue weighted by atomic mass is 16.6. The molecule has 1 saturated carbocycles. The molecule has 0 amide bonds. The number of fused-ring (bicyclic) bond motifs is 4. The number of rotatable bonds is 5. The Morgan fingerprint density at radius 2 is 1.81 bits per heavy atom. The van der Waals surface area contributed by atoms with Crippen molar-refractivity contribution in [2.75, 3.05) is 33.4 Å². The second-order valence-corrected chi connectivity index (χ2v) is 11.1. The molecule has 2 heterocycles. The minimum absolute atomic E-state index is 0.00109. The number of cyclic esters (lactones) is 1. The minimum Gasteiger partial charge on any atom is -0.458 e. The molecule has 5 rings (SSSR count). The summed E-state index contributed by atoms with van der Waals surface area (Å²) in [6, 6.07) is 0. The fraction of sp³-hybridized carbons (Fsp3) is 0.667. The predicted octanol–water partition coefficient (Wildman–Crippen LogP) is 1.73. The first-order valence-corrected chi connectivity index (χ1v) is 12.7. The molecular weight excluding hydrogens is 466 g/mol. The maximum absolute atomic E-state index is 13.9. The molecule has 0 N–H and O–H groups in total. The van der Waals surface area contributed by atoms with Crippen LogP contribution in [0.2, 0.25) is 0 Å². The van der Waals surface area contributed by atoms with Gasteiger partial charge in [0.25, 0.3) is 0 Å². The zero-order chi connectivity index (χ0) is 26.0. The molecule has 194 valence electrons. The molecule has 0 spiro atoms. The summed E-state index contributed by atoms with van der Waals surface area (Å²) in [6.45, 7) is 6.65. The fourth-order valence-electron chi connectivity index (χ4n) is 7.31. The van der Waals surface area contributed by atoms with E-state index in [0.717, 1.165) is 25.9 Å². The molecule has 0 aromatic heterocycles. The summed E-state index contributed by atoms with van der Waals surface area (Å²) in [5, 5.41) is 0. The van der Waals surface area contributed by atoms with Gasteiger partial charge in [-0.15, -0.1) is 0 Å². The number of carbonyl (C=O) groups excluding carboxylic acids is 5. The van der Waals surface area contributed by atoms with E-state index in [4.69, 9.17) is 14.2 Å². The van der Waals surface area contributed by atoms with E-state index < -0.39 is 52.5 Å². The lowest BCUT2D eigenvalue weighted by atomic mass is 9.52. The first-order chi connectivity index (χ1) is 17.0. The van der Waals surface area contributed by atoms with Gasteiger partial charge in [-0.2, -0.15) is 0 Å². The summed E-state index contributed by atoms with van der Waals surface area (Å²) in [5.41, 5.74) is -1.07. The van der Waals surface area contributed by atoms with Gasteiger partial charge in [0.2, 0.25) is 11.6 Å². The van der Waals surface area contributed by atoms with Gasteiger partial charge in [0.15, 0.2) is 0 Å². The Morgan fingerprint density at radius 3 is 2.44 bits per heavy atom. The number of ketones is 3. The zero-order valence-corrected chi connectivity index (χ0v) is 21.3. The van der Waals surface area contributed by atoms with Crippen LogP contribution in [0.5, 0.6) is 0 Å². The van der Waals surface area contributed by atoms with Crippen LogP contribution in [-0.2, 0) is 38.2 Å². The van der Waals surface area contributed by atoms with E-state index in [2.05, 4.69) is 4.90 Å². The molecular formula is C27H33NO8. The molecule has 1 saturated heterocycles. The SMILES string of the molecule is COC[C@@H]1OC(=O)C(CN2CCCC2)=C2C(=O)C(=O)C3=C([C@H](OC(C)=O)C[C@]4(C)C(=O)CC[C@H]34)[C@]21C. The van der Waals surface area contributed by atoms with Crippen molar-refractivity contribution in [1.29, 1.82) is 0 Å². The van der Waals surface area contributed by atoms with Crippen LogP contribution >= 0.6 is 0 Å². The monoisotopic (exact) mass is 499 g/mol. The topological polar surface area (TPSA) is 116 Å². The molecule has 9 nitrogen and oxygen atoms in total.